The number of hydrogen-bond donors (Lipinski definition) is 6. The van der Waals surface area contributed by atoms with Crippen LogP contribution < -0.4 is 0 Å². The van der Waals surface area contributed by atoms with Gasteiger partial charge < -0.3 is 30.6 Å². The van der Waals surface area contributed by atoms with Gasteiger partial charge in [0.05, 0.1) is 24.2 Å². The van der Waals surface area contributed by atoms with Crippen LogP contribution in [0.5, 0.6) is 23.0 Å². The van der Waals surface area contributed by atoms with Gasteiger partial charge in [-0.15, -0.1) is 0 Å². The largest absolute Gasteiger partial charge is 0.507 e. The average molecular weight is 1340 g/mol. The van der Waals surface area contributed by atoms with Crippen LogP contribution in [-0.2, 0) is 81.1 Å². The minimum absolute atomic E-state index is 0. The molecule has 2 aliphatic carbocycles. The van der Waals surface area contributed by atoms with E-state index in [0.717, 1.165) is 114 Å². The predicted octanol–water partition coefficient (Wildman–Crippen LogP) is 18.8. The summed E-state index contributed by atoms with van der Waals surface area (Å²) in [6, 6.07) is 16.9. The summed E-state index contributed by atoms with van der Waals surface area (Å²) in [6.45, 7) is 47.4. The van der Waals surface area contributed by atoms with E-state index in [1.165, 1.54) is 16.7 Å². The molecule has 4 atom stereocenters. The molecule has 0 aliphatic heterocycles. The molecule has 0 saturated heterocycles. The van der Waals surface area contributed by atoms with Crippen molar-refractivity contribution in [2.45, 2.75) is 304 Å². The molecule has 6 N–H and O–H groups in total. The van der Waals surface area contributed by atoms with E-state index in [4.69, 9.17) is 30.2 Å². The average Bonchev–Trinajstić information content (AvgIpc) is 1.19. The molecular weight excluding hydrogens is 1230 g/mol. The summed E-state index contributed by atoms with van der Waals surface area (Å²) in [5.74, 6) is -0.296. The molecule has 14 heteroatoms. The van der Waals surface area contributed by atoms with E-state index in [9.17, 15) is 30.0 Å². The molecule has 12 nitrogen and oxygen atoms in total. The number of carboxylic acids is 2. The van der Waals surface area contributed by atoms with Gasteiger partial charge in [-0.1, -0.05) is 208 Å². The second-order valence-corrected chi connectivity index (χ2v) is 32.5. The topological polar surface area (TPSA) is 205 Å². The van der Waals surface area contributed by atoms with Gasteiger partial charge in [-0.2, -0.15) is 0 Å². The summed E-state index contributed by atoms with van der Waals surface area (Å²) < 4.78 is 0. The fourth-order valence-electron chi connectivity index (χ4n) is 11.2. The van der Waals surface area contributed by atoms with Crippen LogP contribution in [0.2, 0.25) is 0 Å². The van der Waals surface area contributed by atoms with Gasteiger partial charge in [-0.05, 0) is 130 Å². The molecule has 2 fully saturated rings. The number of benzene rings is 4. The Morgan fingerprint density at radius 1 is 0.363 bits per heavy atom. The van der Waals surface area contributed by atoms with Crippen molar-refractivity contribution in [2.24, 2.45) is 20.0 Å². The third-order valence-electron chi connectivity index (χ3n) is 17.1. The molecule has 2 aliphatic rings. The molecule has 0 spiro atoms. The molecule has 0 heterocycles. The summed E-state index contributed by atoms with van der Waals surface area (Å²) in [5.41, 5.74) is 10.8. The molecule has 4 aromatic rings. The van der Waals surface area contributed by atoms with Crippen molar-refractivity contribution in [3.63, 3.8) is 0 Å². The van der Waals surface area contributed by atoms with Crippen LogP contribution in [0.25, 0.3) is 0 Å². The van der Waals surface area contributed by atoms with E-state index < -0.39 is 11.9 Å². The fourth-order valence-corrected chi connectivity index (χ4v) is 11.2. The van der Waals surface area contributed by atoms with E-state index in [2.05, 4.69) is 195 Å². The summed E-state index contributed by atoms with van der Waals surface area (Å²) in [4.78, 5) is 40.1. The summed E-state index contributed by atoms with van der Waals surface area (Å²) in [6.07, 6.45) is 19.1. The van der Waals surface area contributed by atoms with Crippen LogP contribution in [0.15, 0.2) is 68.5 Å². The first-order valence-electron chi connectivity index (χ1n) is 32.8. The smallest absolute Gasteiger partial charge is 0.303 e. The van der Waals surface area contributed by atoms with E-state index >= 15 is 0 Å². The van der Waals surface area contributed by atoms with Crippen molar-refractivity contribution < 1.29 is 73.8 Å². The Balaban J connectivity index is 0.000000517. The van der Waals surface area contributed by atoms with Crippen molar-refractivity contribution in [2.75, 3.05) is 0 Å². The number of rotatable bonds is 15. The van der Waals surface area contributed by atoms with Crippen molar-refractivity contribution in [3.8, 4) is 23.0 Å². The molecule has 6 rings (SSSR count). The molecule has 510 valence electrons. The SMILES string of the molecule is CC(C)(C)c1cc(C=NC2CCCCC2N=Cc2cc(C(C)(C)C)cc(C(C)(C)C)c2O)c(O)c(C(C)(C)C)c1.Cc1cc(C=NC2CCCCC2N=Cc2cc(C(C)(C)C)cc(C(C)(C)C)c2O)c(O)c(C(C)(C)C)c1.O=C(O)CCCCCCC(=O)O.[Co].[Co]. The number of hydrogen-bond acceptors (Lipinski definition) is 10. The zero-order chi connectivity index (χ0) is 67.4. The Kier molecular flexibility index (Phi) is 30.3. The third-order valence-corrected chi connectivity index (χ3v) is 17.1. The number of aliphatic carboxylic acids is 2. The summed E-state index contributed by atoms with van der Waals surface area (Å²) in [7, 11) is 0. The van der Waals surface area contributed by atoms with Gasteiger partial charge in [0.15, 0.2) is 0 Å². The first-order valence-corrected chi connectivity index (χ1v) is 32.8. The van der Waals surface area contributed by atoms with E-state index in [1.54, 1.807) is 0 Å². The summed E-state index contributed by atoms with van der Waals surface area (Å²) in [5, 5.41) is 61.1. The minimum Gasteiger partial charge on any atom is -0.507 e. The molecular formula is C77H116Co2N4O8. The number of carbonyl (C=O) groups is 2. The number of aliphatic imine (C=N–C) groups is 4. The second-order valence-electron chi connectivity index (χ2n) is 32.5. The van der Waals surface area contributed by atoms with Crippen LogP contribution in [-0.4, -0.2) is 91.6 Å². The van der Waals surface area contributed by atoms with Crippen LogP contribution in [0.4, 0.5) is 0 Å². The molecule has 0 aromatic heterocycles. The van der Waals surface area contributed by atoms with E-state index in [-0.39, 0.29) is 108 Å². The van der Waals surface area contributed by atoms with Gasteiger partial charge in [0, 0.05) is 116 Å². The quantitative estimate of drug-likeness (QED) is 0.0498. The van der Waals surface area contributed by atoms with Gasteiger partial charge in [0.1, 0.15) is 23.0 Å². The van der Waals surface area contributed by atoms with Gasteiger partial charge in [-0.25, -0.2) is 0 Å². The molecule has 2 saturated carbocycles. The number of unbranched alkanes of at least 4 members (excludes halogenated alkanes) is 3. The Bertz CT molecular complexity index is 3050. The number of aryl methyl sites for hydroxylation is 1. The predicted molar refractivity (Wildman–Crippen MR) is 374 cm³/mol. The number of carboxylic acid groups (broad SMARTS) is 2. The van der Waals surface area contributed by atoms with Gasteiger partial charge in [0.25, 0.3) is 0 Å². The van der Waals surface area contributed by atoms with Crippen molar-refractivity contribution in [3.05, 3.63) is 115 Å². The van der Waals surface area contributed by atoms with Crippen LogP contribution in [0, 0.1) is 6.92 Å². The summed E-state index contributed by atoms with van der Waals surface area (Å²) >= 11 is 0. The maximum absolute atomic E-state index is 11.2. The molecule has 4 unspecified atom stereocenters. The molecule has 0 bridgehead atoms. The number of phenols is 4. The fraction of sp³-hybridized carbons (Fsp3) is 0.610. The van der Waals surface area contributed by atoms with Gasteiger partial charge >= 0.3 is 11.9 Å². The van der Waals surface area contributed by atoms with Gasteiger partial charge in [-0.3, -0.25) is 29.6 Å². The number of phenolic OH excluding ortho intramolecular Hbond substituents is 4. The molecule has 2 radical (unpaired) electrons. The van der Waals surface area contributed by atoms with Gasteiger partial charge in [0.2, 0.25) is 0 Å². The Hall–Kier alpha value is -5.29. The first-order chi connectivity index (χ1) is 40.8. The van der Waals surface area contributed by atoms with Crippen LogP contribution in [0.3, 0.4) is 0 Å². The molecule has 0 amide bonds. The number of aromatic hydroxyl groups is 4. The zero-order valence-corrected chi connectivity index (χ0v) is 61.7. The van der Waals surface area contributed by atoms with Crippen LogP contribution in [0.1, 0.15) is 302 Å². The molecule has 91 heavy (non-hydrogen) atoms. The molecule has 4 aromatic carbocycles. The third kappa shape index (κ3) is 25.2. The van der Waals surface area contributed by atoms with E-state index in [0.29, 0.717) is 35.8 Å². The van der Waals surface area contributed by atoms with E-state index in [1.807, 2.05) is 30.9 Å². The maximum Gasteiger partial charge on any atom is 0.303 e. The Morgan fingerprint density at radius 3 is 0.791 bits per heavy atom. The normalized spacial score (nSPS) is 17.9. The zero-order valence-electron chi connectivity index (χ0n) is 59.6. The first kappa shape index (κ1) is 81.8. The minimum atomic E-state index is -0.784. The van der Waals surface area contributed by atoms with Crippen LogP contribution >= 0.6 is 0 Å². The Morgan fingerprint density at radius 2 is 0.582 bits per heavy atom. The van der Waals surface area contributed by atoms with Crippen molar-refractivity contribution in [1.29, 1.82) is 0 Å². The monoisotopic (exact) mass is 1340 g/mol. The van der Waals surface area contributed by atoms with Crippen molar-refractivity contribution in [1.82, 2.24) is 0 Å². The second kappa shape index (κ2) is 33.7. The maximum atomic E-state index is 11.2. The number of nitrogens with zero attached hydrogens (tertiary/aromatic N) is 4. The standard InChI is InChI=1S/C36H54N2O2.C33H48N2O2.C8H14O4.2Co/c1-33(2,3)25-17-23(31(39)27(19-25)35(7,8)9)21-37-29-15-13-14-16-30(29)38-22-24-18-26(34(4,5)6)20-28(32(24)40)36(10,11)12;1-21-15-22(29(36)25(16-21)32(5,6)7)19-34-27-13-11-12-14-28(27)35-20-23-17-24(31(2,3)4)18-26(30(23)37)33(8,9)10;9-7(10)5-3-1-2-4-6-8(11)12;;/h17-22,29-30,39-40H,13-16H2,1-12H3;15-20,27-28,36-37H,11-14H2,1-10H3;1-6H2,(H,9,10)(H,11,12);;. The van der Waals surface area contributed by atoms with Crippen molar-refractivity contribution >= 4 is 36.8 Å². The Labute approximate surface area is 569 Å².